The number of amides is 1. The van der Waals surface area contributed by atoms with Gasteiger partial charge in [0, 0.05) is 11.3 Å². The summed E-state index contributed by atoms with van der Waals surface area (Å²) < 4.78 is 5.33. The molecule has 104 valence electrons. The van der Waals surface area contributed by atoms with E-state index in [1.54, 1.807) is 14.0 Å². The number of para-hydroxylation sites is 2. The summed E-state index contributed by atoms with van der Waals surface area (Å²) in [5, 5.41) is 3.19. The summed E-state index contributed by atoms with van der Waals surface area (Å²) in [6.07, 6.45) is 0. The van der Waals surface area contributed by atoms with Gasteiger partial charge in [-0.1, -0.05) is 36.4 Å². The van der Waals surface area contributed by atoms with Crippen LogP contribution in [0.3, 0.4) is 0 Å². The molecule has 4 nitrogen and oxygen atoms in total. The molecule has 0 heterocycles. The van der Waals surface area contributed by atoms with E-state index in [1.807, 2.05) is 54.6 Å². The normalized spacial score (nSPS) is 13.3. The fraction of sp³-hybridized carbons (Fsp3) is 0.188. The van der Waals surface area contributed by atoms with Crippen LogP contribution in [-0.4, -0.2) is 13.0 Å². The number of carbonyl (C=O) groups excluding carboxylic acids is 1. The molecule has 1 amide bonds. The molecule has 2 aromatic carbocycles. The summed E-state index contributed by atoms with van der Waals surface area (Å²) in [5.41, 5.74) is 6.10. The summed E-state index contributed by atoms with van der Waals surface area (Å²) in [7, 11) is 1.57. The Morgan fingerprint density at radius 3 is 2.30 bits per heavy atom. The number of primary amides is 1. The van der Waals surface area contributed by atoms with Crippen molar-refractivity contribution in [3.05, 3.63) is 60.2 Å². The summed E-state index contributed by atoms with van der Waals surface area (Å²) >= 11 is 0. The van der Waals surface area contributed by atoms with E-state index in [0.717, 1.165) is 5.69 Å². The maximum atomic E-state index is 12.0. The van der Waals surface area contributed by atoms with E-state index >= 15 is 0 Å². The lowest BCUT2D eigenvalue weighted by atomic mass is 9.90. The van der Waals surface area contributed by atoms with Gasteiger partial charge in [0.2, 0.25) is 5.91 Å². The molecule has 0 spiro atoms. The molecule has 0 bridgehead atoms. The number of anilines is 1. The van der Waals surface area contributed by atoms with Crippen molar-refractivity contribution in [1.29, 1.82) is 0 Å². The molecule has 2 aromatic rings. The minimum Gasteiger partial charge on any atom is -0.496 e. The lowest BCUT2D eigenvalue weighted by Crippen LogP contribution is -2.45. The number of benzene rings is 2. The Bertz CT molecular complexity index is 598. The average molecular weight is 270 g/mol. The van der Waals surface area contributed by atoms with Gasteiger partial charge in [0.15, 0.2) is 0 Å². The third-order valence-electron chi connectivity index (χ3n) is 3.31. The average Bonchev–Trinajstić information content (AvgIpc) is 2.48. The van der Waals surface area contributed by atoms with E-state index in [2.05, 4.69) is 5.32 Å². The molecule has 1 atom stereocenters. The molecule has 0 aliphatic carbocycles. The van der Waals surface area contributed by atoms with Gasteiger partial charge in [0.05, 0.1) is 7.11 Å². The monoisotopic (exact) mass is 270 g/mol. The number of carbonyl (C=O) groups is 1. The van der Waals surface area contributed by atoms with Crippen LogP contribution in [0.2, 0.25) is 0 Å². The first-order valence-electron chi connectivity index (χ1n) is 6.34. The van der Waals surface area contributed by atoms with E-state index in [0.29, 0.717) is 11.3 Å². The maximum Gasteiger partial charge on any atom is 0.247 e. The van der Waals surface area contributed by atoms with Crippen molar-refractivity contribution < 1.29 is 9.53 Å². The molecule has 0 aliphatic rings. The van der Waals surface area contributed by atoms with Crippen molar-refractivity contribution in [2.75, 3.05) is 12.4 Å². The van der Waals surface area contributed by atoms with Crippen LogP contribution in [-0.2, 0) is 10.3 Å². The van der Waals surface area contributed by atoms with Gasteiger partial charge in [0.1, 0.15) is 11.3 Å². The molecule has 0 saturated heterocycles. The van der Waals surface area contributed by atoms with Gasteiger partial charge in [-0.25, -0.2) is 0 Å². The van der Waals surface area contributed by atoms with Gasteiger partial charge >= 0.3 is 0 Å². The fourth-order valence-corrected chi connectivity index (χ4v) is 2.13. The molecular formula is C16H18N2O2. The third-order valence-corrected chi connectivity index (χ3v) is 3.31. The zero-order chi connectivity index (χ0) is 14.6. The lowest BCUT2D eigenvalue weighted by molar-refractivity contribution is -0.122. The van der Waals surface area contributed by atoms with E-state index in [-0.39, 0.29) is 0 Å². The second-order valence-electron chi connectivity index (χ2n) is 4.68. The van der Waals surface area contributed by atoms with Crippen molar-refractivity contribution in [3.8, 4) is 5.75 Å². The molecule has 0 radical (unpaired) electrons. The lowest BCUT2D eigenvalue weighted by Gasteiger charge is -2.30. The first-order chi connectivity index (χ1) is 9.58. The Hall–Kier alpha value is -2.49. The second kappa shape index (κ2) is 5.65. The predicted molar refractivity (Wildman–Crippen MR) is 79.6 cm³/mol. The molecule has 1 unspecified atom stereocenters. The fourth-order valence-electron chi connectivity index (χ4n) is 2.13. The number of nitrogens with one attached hydrogen (secondary N) is 1. The molecule has 3 N–H and O–H groups in total. The summed E-state index contributed by atoms with van der Waals surface area (Å²) in [6, 6.07) is 16.8. The summed E-state index contributed by atoms with van der Waals surface area (Å²) in [5.74, 6) is 0.156. The van der Waals surface area contributed by atoms with Gasteiger partial charge in [-0.3, -0.25) is 4.79 Å². The number of hydrogen-bond acceptors (Lipinski definition) is 3. The Labute approximate surface area is 118 Å². The van der Waals surface area contributed by atoms with Crippen molar-refractivity contribution in [3.63, 3.8) is 0 Å². The van der Waals surface area contributed by atoms with Crippen LogP contribution < -0.4 is 15.8 Å². The van der Waals surface area contributed by atoms with Gasteiger partial charge < -0.3 is 15.8 Å². The number of ether oxygens (including phenoxy) is 1. The van der Waals surface area contributed by atoms with Crippen LogP contribution in [0.15, 0.2) is 54.6 Å². The van der Waals surface area contributed by atoms with Crippen molar-refractivity contribution in [1.82, 2.24) is 0 Å². The van der Waals surface area contributed by atoms with Crippen molar-refractivity contribution in [2.45, 2.75) is 12.5 Å². The zero-order valence-corrected chi connectivity index (χ0v) is 11.6. The Balaban J connectivity index is 2.47. The minimum absolute atomic E-state index is 0.467. The number of rotatable bonds is 5. The number of hydrogen-bond donors (Lipinski definition) is 2. The van der Waals surface area contributed by atoms with Crippen LogP contribution >= 0.6 is 0 Å². The van der Waals surface area contributed by atoms with Crippen LogP contribution in [0.25, 0.3) is 0 Å². The molecule has 20 heavy (non-hydrogen) atoms. The first kappa shape index (κ1) is 13.9. The van der Waals surface area contributed by atoms with Crippen LogP contribution in [0.5, 0.6) is 5.75 Å². The smallest absolute Gasteiger partial charge is 0.247 e. The highest BCUT2D eigenvalue weighted by atomic mass is 16.5. The highest BCUT2D eigenvalue weighted by Gasteiger charge is 2.35. The maximum absolute atomic E-state index is 12.0. The van der Waals surface area contributed by atoms with E-state index < -0.39 is 11.4 Å². The number of nitrogens with two attached hydrogens (primary N) is 1. The van der Waals surface area contributed by atoms with E-state index in [9.17, 15) is 4.79 Å². The minimum atomic E-state index is -1.05. The first-order valence-corrected chi connectivity index (χ1v) is 6.34. The summed E-state index contributed by atoms with van der Waals surface area (Å²) in [6.45, 7) is 1.75. The molecule has 2 rings (SSSR count). The SMILES string of the molecule is COc1ccccc1C(C)(Nc1ccccc1)C(N)=O. The molecular weight excluding hydrogens is 252 g/mol. The van der Waals surface area contributed by atoms with E-state index in [4.69, 9.17) is 10.5 Å². The second-order valence-corrected chi connectivity index (χ2v) is 4.68. The Kier molecular flexibility index (Phi) is 3.94. The quantitative estimate of drug-likeness (QED) is 0.877. The van der Waals surface area contributed by atoms with Gasteiger partial charge in [-0.15, -0.1) is 0 Å². The van der Waals surface area contributed by atoms with Crippen LogP contribution in [0.1, 0.15) is 12.5 Å². The summed E-state index contributed by atoms with van der Waals surface area (Å²) in [4.78, 5) is 12.0. The van der Waals surface area contributed by atoms with Crippen molar-refractivity contribution in [2.24, 2.45) is 5.73 Å². The van der Waals surface area contributed by atoms with Gasteiger partial charge in [-0.05, 0) is 25.1 Å². The molecule has 0 aromatic heterocycles. The van der Waals surface area contributed by atoms with Crippen LogP contribution in [0.4, 0.5) is 5.69 Å². The third kappa shape index (κ3) is 2.59. The van der Waals surface area contributed by atoms with Crippen LogP contribution in [0, 0.1) is 0 Å². The molecule has 0 saturated carbocycles. The topological polar surface area (TPSA) is 64.3 Å². The highest BCUT2D eigenvalue weighted by molar-refractivity contribution is 5.89. The standard InChI is InChI=1S/C16H18N2O2/c1-16(15(17)19,18-12-8-4-3-5-9-12)13-10-6-7-11-14(13)20-2/h3-11,18H,1-2H3,(H2,17,19). The Morgan fingerprint density at radius 2 is 1.70 bits per heavy atom. The van der Waals surface area contributed by atoms with Crippen molar-refractivity contribution >= 4 is 11.6 Å². The zero-order valence-electron chi connectivity index (χ0n) is 11.6. The van der Waals surface area contributed by atoms with Gasteiger partial charge in [0.25, 0.3) is 0 Å². The predicted octanol–water partition coefficient (Wildman–Crippen LogP) is 2.51. The highest BCUT2D eigenvalue weighted by Crippen LogP contribution is 2.32. The largest absolute Gasteiger partial charge is 0.496 e. The molecule has 0 fully saturated rings. The molecule has 0 aliphatic heterocycles. The number of methoxy groups -OCH3 is 1. The molecule has 4 heteroatoms. The Morgan fingerprint density at radius 1 is 1.10 bits per heavy atom. The van der Waals surface area contributed by atoms with Gasteiger partial charge in [-0.2, -0.15) is 0 Å². The van der Waals surface area contributed by atoms with E-state index in [1.165, 1.54) is 0 Å².